The fraction of sp³-hybridized carbons (Fsp3) is 0.418. The molecule has 38 heteroatoms. The van der Waals surface area contributed by atoms with Gasteiger partial charge in [0, 0.05) is 123 Å². The lowest BCUT2D eigenvalue weighted by atomic mass is 9.76. The molecule has 148 heavy (non-hydrogen) atoms. The Morgan fingerprint density at radius 1 is 0.365 bits per heavy atom. The second-order valence-electron chi connectivity index (χ2n) is 40.7. The van der Waals surface area contributed by atoms with Gasteiger partial charge in [0.2, 0.25) is 17.7 Å². The topological polar surface area (TPSA) is 416 Å². The highest BCUT2D eigenvalue weighted by atomic mass is 32.1. The first-order chi connectivity index (χ1) is 70.3. The molecule has 4 aromatic heterocycles. The zero-order chi connectivity index (χ0) is 108. The molecule has 0 atom stereocenters. The molecule has 0 radical (unpaired) electrons. The van der Waals surface area contributed by atoms with E-state index >= 15 is 0 Å². The van der Waals surface area contributed by atoms with Crippen LogP contribution in [0.25, 0.3) is 78.0 Å². The molecule has 0 aliphatic rings. The third kappa shape index (κ3) is 32.6. The Kier molecular flexibility index (Phi) is 42.3. The largest absolute Gasteiger partial charge is 0.505 e. The van der Waals surface area contributed by atoms with Crippen LogP contribution in [-0.4, -0.2) is 223 Å². The van der Waals surface area contributed by atoms with Crippen molar-refractivity contribution in [2.24, 2.45) is 0 Å². The number of carbonyl (C=O) groups excluding carboxylic acids is 4. The van der Waals surface area contributed by atoms with Crippen LogP contribution in [0.2, 0.25) is 56.9 Å². The van der Waals surface area contributed by atoms with Crippen LogP contribution in [0, 0.1) is 6.92 Å². The van der Waals surface area contributed by atoms with Gasteiger partial charge in [-0.15, -0.1) is 60.0 Å². The third-order valence-corrected chi connectivity index (χ3v) is 38.0. The van der Waals surface area contributed by atoms with E-state index in [0.717, 1.165) is 154 Å². The number of amides is 3. The van der Waals surface area contributed by atoms with Crippen molar-refractivity contribution < 1.29 is 83.7 Å². The first-order valence-electron chi connectivity index (χ1n) is 49.9. The number of aromatic nitrogens is 12. The van der Waals surface area contributed by atoms with Crippen molar-refractivity contribution in [3.05, 3.63) is 250 Å². The minimum Gasteiger partial charge on any atom is -0.505 e. The highest BCUT2D eigenvalue weighted by Gasteiger charge is 2.35. The number of fused-ring (bicyclic) bond motifs is 4. The van der Waals surface area contributed by atoms with Crippen molar-refractivity contribution in [3.63, 3.8) is 0 Å². The smallest absolute Gasteiger partial charge is 0.335 e. The number of phenolic OH excluding ortho intramolecular Hbond substituents is 4. The number of ether oxygens (including phenoxy) is 1. The van der Waals surface area contributed by atoms with E-state index in [0.29, 0.717) is 93.9 Å². The van der Waals surface area contributed by atoms with E-state index in [1.165, 1.54) is 19.2 Å². The summed E-state index contributed by atoms with van der Waals surface area (Å²) in [6.07, 6.45) is 5.81. The summed E-state index contributed by atoms with van der Waals surface area (Å²) in [5, 5.41) is 90.6. The molecule has 7 N–H and O–H groups in total. The molecule has 10 aromatic carbocycles. The second kappa shape index (κ2) is 53.4. The summed E-state index contributed by atoms with van der Waals surface area (Å²) < 4.78 is 60.5. The summed E-state index contributed by atoms with van der Waals surface area (Å²) >= 11 is -0.750. The van der Waals surface area contributed by atoms with Crippen LogP contribution in [0.15, 0.2) is 194 Å². The minimum atomic E-state index is -2.14. The highest BCUT2D eigenvalue weighted by molar-refractivity contribution is 7.51. The predicted octanol–water partition coefficient (Wildman–Crippen LogP) is 19.6. The van der Waals surface area contributed by atoms with Gasteiger partial charge in [-0.05, 0) is 242 Å². The molecule has 14 aromatic rings. The molecule has 4 heterocycles. The average molecular weight is 2110 g/mol. The molecule has 0 spiro atoms. The Morgan fingerprint density at radius 3 is 1.05 bits per heavy atom. The Morgan fingerprint density at radius 2 is 0.682 bits per heavy atom. The average Bonchev–Trinajstić information content (AvgIpc) is 1.41. The highest BCUT2D eigenvalue weighted by Crippen LogP contribution is 2.44. The van der Waals surface area contributed by atoms with Gasteiger partial charge in [0.15, 0.2) is 8.32 Å². The van der Waals surface area contributed by atoms with Crippen LogP contribution in [0.3, 0.4) is 0 Å². The molecule has 33 nitrogen and oxygen atoms in total. The first kappa shape index (κ1) is 117. The van der Waals surface area contributed by atoms with Crippen LogP contribution < -0.4 is 16.0 Å². The van der Waals surface area contributed by atoms with E-state index in [1.54, 1.807) is 49.8 Å². The number of aryl methyl sites for hydroxylation is 5. The van der Waals surface area contributed by atoms with Crippen molar-refractivity contribution >= 4 is 113 Å². The molecule has 0 saturated heterocycles. The number of carbonyl (C=O) groups is 4. The van der Waals surface area contributed by atoms with E-state index in [9.17, 15) is 39.6 Å². The molecule has 0 fully saturated rings. The van der Waals surface area contributed by atoms with Crippen LogP contribution in [0.5, 0.6) is 23.0 Å². The Hall–Kier alpha value is -12.7. The number of nitrogens with zero attached hydrogens (tertiary/aromatic N) is 12. The van der Waals surface area contributed by atoms with Gasteiger partial charge in [-0.25, -0.2) is 0 Å². The molecule has 0 aliphatic carbocycles. The maximum atomic E-state index is 12.7. The van der Waals surface area contributed by atoms with Crippen LogP contribution in [0.4, 0.5) is 0 Å². The van der Waals surface area contributed by atoms with Gasteiger partial charge in [-0.2, -0.15) is 8.42 Å². The van der Waals surface area contributed by atoms with Crippen molar-refractivity contribution in [1.29, 1.82) is 0 Å². The van der Waals surface area contributed by atoms with E-state index in [2.05, 4.69) is 124 Å². The Labute approximate surface area is 876 Å². The third-order valence-electron chi connectivity index (χ3n) is 26.5. The molecule has 0 saturated carbocycles. The van der Waals surface area contributed by atoms with Gasteiger partial charge < -0.3 is 72.1 Å². The summed E-state index contributed by atoms with van der Waals surface area (Å²) in [4.78, 5) is 55.9. The quantitative estimate of drug-likeness (QED) is 0.0106. The SMILES string of the molecule is CO[Si](C)(C)CCOC(=O)CCc1cc(-n2nc3ccccc3n2)c(O)c(C(C)(C)C)c1.CO[Si](C)(CCCNC(=O)CCc1cc(-n2nc3ccc(-c4ccccc4)cc3n2)c(O)c(C(C)(C)C)c1)OC.CO[Si](C)(CCCNC(=O)CCc1cc(-n2nc3ccccc3n2)c(O)c(C(C)(C)c2ccccc2)c1)OC.CO[Si](C)(CCCNC(=O)CCc1cc(C(C)C)c(O)c(-n2nc3ccc(C)cc3n2)c1)OC.O=S=O. The zero-order valence-corrected chi connectivity index (χ0v) is 94.6. The number of hydrogen-bond acceptors (Lipinski definition) is 26. The number of aromatic hydroxyl groups is 4. The summed E-state index contributed by atoms with van der Waals surface area (Å²) in [5.74, 6) is 0.433. The summed E-state index contributed by atoms with van der Waals surface area (Å²) in [6, 6.07) is 65.8. The fourth-order valence-corrected chi connectivity index (χ4v) is 21.5. The summed E-state index contributed by atoms with van der Waals surface area (Å²) in [6.45, 7) is 34.9. The number of hydrogen-bond donors (Lipinski definition) is 7. The standard InChI is InChI=1S/C31H40N4O4Si.C30H38N4O4Si.C25H36N4O4Si.C24H33N3O4Si.O2S/c1-31(2,3)25-19-22(13-16-29(36)32-17-10-18-40(6,38-4)39-5)20-28(30(25)37)35-33-26-15-14-24(21-27(26)34-35)23-11-8-7-9-12-23;1-30(2,23-12-7-6-8-13-23)24-20-22(16-17-28(35)31-18-11-19-39(5,37-3)38-4)21-27(29(24)36)34-32-25-14-9-10-15-26(25)33-34;1-17(2)20-15-19(9-11-24(30)26-12-7-13-34(6,32-4)33-5)16-23(25(20)31)29-27-21-10-8-18(3)14-22(21)28-29;1-24(2,3)18-15-17(11-12-22(28)31-13-14-32(5,6)30-4)16-21(23(18)29)27-25-19-9-7-8-10-20(19)26-27;1-3-2/h7-9,11-12,14-15,19-21,37H,10,13,16-18H2,1-6H3,(H,32,36);6-10,12-15,20-21,36H,11,16-19H2,1-5H3,(H,31,35);8,10,14-17,31H,7,9,11-13H2,1-6H3,(H,26,30);7-10,15-16,29H,11-14H2,1-6H3;. The molecule has 792 valence electrons. The van der Waals surface area contributed by atoms with Crippen LogP contribution in [-0.2, 0) is 108 Å². The van der Waals surface area contributed by atoms with Crippen molar-refractivity contribution in [2.75, 3.05) is 76.0 Å². The normalized spacial score (nSPS) is 12.0. The molecule has 0 aliphatic heterocycles. The molecular weight excluding hydrogens is 1960 g/mol. The van der Waals surface area contributed by atoms with Crippen molar-refractivity contribution in [1.82, 2.24) is 75.9 Å². The zero-order valence-electron chi connectivity index (χ0n) is 89.8. The van der Waals surface area contributed by atoms with Crippen LogP contribution in [0.1, 0.15) is 176 Å². The lowest BCUT2D eigenvalue weighted by Crippen LogP contribution is -2.37. The van der Waals surface area contributed by atoms with E-state index in [-0.39, 0.29) is 69.9 Å². The number of rotatable bonds is 42. The van der Waals surface area contributed by atoms with E-state index < -0.39 is 51.0 Å². The van der Waals surface area contributed by atoms with Gasteiger partial charge in [0.05, 0.1) is 6.61 Å². The number of benzene rings is 10. The van der Waals surface area contributed by atoms with Crippen molar-refractivity contribution in [3.8, 4) is 56.9 Å². The fourth-order valence-electron chi connectivity index (χ4n) is 16.5. The number of esters is 1. The predicted molar refractivity (Wildman–Crippen MR) is 589 cm³/mol. The van der Waals surface area contributed by atoms with Gasteiger partial charge >= 0.3 is 43.2 Å². The maximum absolute atomic E-state index is 12.7. The molecule has 3 amide bonds. The van der Waals surface area contributed by atoms with Gasteiger partial charge in [-0.1, -0.05) is 191 Å². The molecule has 14 rings (SSSR count). The second-order valence-corrected chi connectivity index (χ2v) is 56.0. The van der Waals surface area contributed by atoms with E-state index in [1.807, 2.05) is 231 Å². The van der Waals surface area contributed by atoms with Crippen molar-refractivity contribution in [2.45, 2.75) is 226 Å². The van der Waals surface area contributed by atoms with Gasteiger partial charge in [-0.3, -0.25) is 19.2 Å². The minimum absolute atomic E-state index is 0.00245. The molecular formula is C110H147N15O18SSi4. The summed E-state index contributed by atoms with van der Waals surface area (Å²) in [7, 11) is 3.64. The maximum Gasteiger partial charge on any atom is 0.335 e. The molecule has 0 unspecified atom stereocenters. The van der Waals surface area contributed by atoms with Gasteiger partial charge in [0.25, 0.3) is 0 Å². The lowest BCUT2D eigenvalue weighted by molar-refractivity contribution is -0.143. The number of nitrogens with one attached hydrogen (secondary N) is 3. The Bertz CT molecular complexity index is 6760. The number of phenols is 4. The van der Waals surface area contributed by atoms with E-state index in [4.69, 9.17) is 49.2 Å². The first-order valence-corrected chi connectivity index (χ1v) is 61.3. The van der Waals surface area contributed by atoms with Gasteiger partial charge in [0.1, 0.15) is 89.9 Å². The summed E-state index contributed by atoms with van der Waals surface area (Å²) in [5.41, 5.74) is 18.1. The molecule has 0 bridgehead atoms. The monoisotopic (exact) mass is 2110 g/mol. The lowest BCUT2D eigenvalue weighted by Gasteiger charge is -2.28. The van der Waals surface area contributed by atoms with Crippen LogP contribution >= 0.6 is 0 Å². The Balaban J connectivity index is 0.000000201.